The van der Waals surface area contributed by atoms with Crippen molar-refractivity contribution in [2.24, 2.45) is 0 Å². The van der Waals surface area contributed by atoms with Crippen molar-refractivity contribution < 1.29 is 14.3 Å². The normalized spacial score (nSPS) is 14.7. The third-order valence-electron chi connectivity index (χ3n) is 2.41. The summed E-state index contributed by atoms with van der Waals surface area (Å²) >= 11 is 1.45. The number of hydrogen-bond acceptors (Lipinski definition) is 2. The predicted molar refractivity (Wildman–Crippen MR) is 67.8 cm³/mol. The summed E-state index contributed by atoms with van der Waals surface area (Å²) in [6.45, 7) is 3.96. The zero-order valence-corrected chi connectivity index (χ0v) is 11.1. The molecule has 0 aromatic heterocycles. The molecule has 0 saturated carbocycles. The SMILES string of the molecule is CCCC(F)CCCSC(CCC)C(=O)O. The minimum Gasteiger partial charge on any atom is -0.480 e. The van der Waals surface area contributed by atoms with Crippen molar-refractivity contribution in [3.8, 4) is 0 Å². The monoisotopic (exact) mass is 250 g/mol. The third kappa shape index (κ3) is 7.97. The molecule has 0 radical (unpaired) electrons. The summed E-state index contributed by atoms with van der Waals surface area (Å²) in [5.41, 5.74) is 0. The second-order valence-corrected chi connectivity index (χ2v) is 5.33. The molecule has 0 spiro atoms. The molecule has 2 unspecified atom stereocenters. The zero-order chi connectivity index (χ0) is 12.4. The standard InChI is InChI=1S/C12H23FO2S/c1-3-6-10(13)8-5-9-16-11(7-4-2)12(14)15/h10-11H,3-9H2,1-2H3,(H,14,15). The van der Waals surface area contributed by atoms with Crippen molar-refractivity contribution in [1.29, 1.82) is 0 Å². The largest absolute Gasteiger partial charge is 0.480 e. The molecule has 16 heavy (non-hydrogen) atoms. The number of hydrogen-bond donors (Lipinski definition) is 1. The first-order valence-corrected chi connectivity index (χ1v) is 7.15. The molecule has 0 amide bonds. The highest BCUT2D eigenvalue weighted by Gasteiger charge is 2.16. The van der Waals surface area contributed by atoms with Crippen LogP contribution in [0.15, 0.2) is 0 Å². The van der Waals surface area contributed by atoms with Gasteiger partial charge in [0, 0.05) is 0 Å². The number of carbonyl (C=O) groups is 1. The van der Waals surface area contributed by atoms with Crippen molar-refractivity contribution in [3.63, 3.8) is 0 Å². The molecule has 0 aliphatic carbocycles. The van der Waals surface area contributed by atoms with Crippen LogP contribution < -0.4 is 0 Å². The van der Waals surface area contributed by atoms with Crippen molar-refractivity contribution >= 4 is 17.7 Å². The molecular formula is C12H23FO2S. The van der Waals surface area contributed by atoms with Gasteiger partial charge in [-0.1, -0.05) is 26.7 Å². The first-order chi connectivity index (χ1) is 7.61. The molecular weight excluding hydrogens is 227 g/mol. The van der Waals surface area contributed by atoms with Crippen molar-refractivity contribution in [3.05, 3.63) is 0 Å². The number of thioether (sulfide) groups is 1. The molecule has 0 heterocycles. The van der Waals surface area contributed by atoms with Gasteiger partial charge >= 0.3 is 5.97 Å². The summed E-state index contributed by atoms with van der Waals surface area (Å²) in [6, 6.07) is 0. The fourth-order valence-electron chi connectivity index (χ4n) is 1.53. The maximum absolute atomic E-state index is 13.1. The average Bonchev–Trinajstić information content (AvgIpc) is 2.22. The summed E-state index contributed by atoms with van der Waals surface area (Å²) in [5.74, 6) is 0.0124. The van der Waals surface area contributed by atoms with Crippen molar-refractivity contribution in [2.45, 2.75) is 63.8 Å². The number of aliphatic carboxylic acids is 1. The van der Waals surface area contributed by atoms with E-state index in [1.165, 1.54) is 11.8 Å². The average molecular weight is 250 g/mol. The molecule has 96 valence electrons. The Morgan fingerprint density at radius 1 is 1.25 bits per heavy atom. The summed E-state index contributed by atoms with van der Waals surface area (Å²) in [6.07, 6.45) is 3.72. The Bertz CT molecular complexity index is 188. The van der Waals surface area contributed by atoms with E-state index in [2.05, 4.69) is 0 Å². The summed E-state index contributed by atoms with van der Waals surface area (Å²) in [4.78, 5) is 10.8. The highest BCUT2D eigenvalue weighted by atomic mass is 32.2. The van der Waals surface area contributed by atoms with E-state index in [9.17, 15) is 9.18 Å². The zero-order valence-electron chi connectivity index (χ0n) is 10.2. The number of carboxylic acids is 1. The van der Waals surface area contributed by atoms with E-state index in [0.717, 1.165) is 25.0 Å². The molecule has 0 aliphatic rings. The molecule has 0 rings (SSSR count). The Morgan fingerprint density at radius 3 is 2.38 bits per heavy atom. The second kappa shape index (κ2) is 9.94. The van der Waals surface area contributed by atoms with Crippen LogP contribution in [0.5, 0.6) is 0 Å². The van der Waals surface area contributed by atoms with Gasteiger partial charge in [-0.3, -0.25) is 4.79 Å². The molecule has 2 atom stereocenters. The quantitative estimate of drug-likeness (QED) is 0.598. The van der Waals surface area contributed by atoms with Crippen LogP contribution in [-0.4, -0.2) is 28.3 Å². The van der Waals surface area contributed by atoms with Crippen LogP contribution in [0.4, 0.5) is 4.39 Å². The highest BCUT2D eigenvalue weighted by molar-refractivity contribution is 8.00. The Labute approximate surface area is 102 Å². The molecule has 2 nitrogen and oxygen atoms in total. The molecule has 0 aromatic carbocycles. The molecule has 1 N–H and O–H groups in total. The van der Waals surface area contributed by atoms with Crippen molar-refractivity contribution in [2.75, 3.05) is 5.75 Å². The van der Waals surface area contributed by atoms with Gasteiger partial charge < -0.3 is 5.11 Å². The summed E-state index contributed by atoms with van der Waals surface area (Å²) in [7, 11) is 0. The number of alkyl halides is 1. The highest BCUT2D eigenvalue weighted by Crippen LogP contribution is 2.19. The van der Waals surface area contributed by atoms with Crippen LogP contribution in [0.1, 0.15) is 52.4 Å². The van der Waals surface area contributed by atoms with E-state index in [4.69, 9.17) is 5.11 Å². The molecule has 0 bridgehead atoms. The van der Waals surface area contributed by atoms with Gasteiger partial charge in [0.1, 0.15) is 11.4 Å². The lowest BCUT2D eigenvalue weighted by molar-refractivity contribution is -0.136. The van der Waals surface area contributed by atoms with Gasteiger partial charge in [0.05, 0.1) is 0 Å². The number of carboxylic acid groups (broad SMARTS) is 1. The molecule has 0 aromatic rings. The van der Waals surface area contributed by atoms with Crippen LogP contribution in [0.2, 0.25) is 0 Å². The van der Waals surface area contributed by atoms with Gasteiger partial charge in [-0.15, -0.1) is 11.8 Å². The lowest BCUT2D eigenvalue weighted by Crippen LogP contribution is -2.16. The van der Waals surface area contributed by atoms with Crippen LogP contribution in [-0.2, 0) is 4.79 Å². The maximum Gasteiger partial charge on any atom is 0.316 e. The minimum atomic E-state index is -0.739. The Balaban J connectivity index is 3.58. The van der Waals surface area contributed by atoms with Gasteiger partial charge in [-0.25, -0.2) is 4.39 Å². The third-order valence-corrected chi connectivity index (χ3v) is 3.77. The lowest BCUT2D eigenvalue weighted by atomic mass is 10.1. The Morgan fingerprint density at radius 2 is 1.88 bits per heavy atom. The maximum atomic E-state index is 13.1. The Kier molecular flexibility index (Phi) is 9.78. The second-order valence-electron chi connectivity index (χ2n) is 4.01. The van der Waals surface area contributed by atoms with Crippen molar-refractivity contribution in [1.82, 2.24) is 0 Å². The fourth-order valence-corrected chi connectivity index (χ4v) is 2.69. The first kappa shape index (κ1) is 15.8. The van der Waals surface area contributed by atoms with E-state index in [1.54, 1.807) is 0 Å². The van der Waals surface area contributed by atoms with Crippen LogP contribution >= 0.6 is 11.8 Å². The van der Waals surface area contributed by atoms with E-state index in [-0.39, 0.29) is 5.25 Å². The smallest absolute Gasteiger partial charge is 0.316 e. The summed E-state index contributed by atoms with van der Waals surface area (Å²) < 4.78 is 13.1. The topological polar surface area (TPSA) is 37.3 Å². The number of halogens is 1. The molecule has 0 saturated heterocycles. The van der Waals surface area contributed by atoms with E-state index in [1.807, 2.05) is 13.8 Å². The van der Waals surface area contributed by atoms with Gasteiger partial charge in [0.25, 0.3) is 0 Å². The van der Waals surface area contributed by atoms with Gasteiger partial charge in [0.15, 0.2) is 0 Å². The lowest BCUT2D eigenvalue weighted by Gasteiger charge is -2.11. The molecule has 4 heteroatoms. The summed E-state index contributed by atoms with van der Waals surface area (Å²) in [5, 5.41) is 8.59. The first-order valence-electron chi connectivity index (χ1n) is 6.10. The molecule has 0 fully saturated rings. The van der Waals surface area contributed by atoms with Crippen LogP contribution in [0.25, 0.3) is 0 Å². The van der Waals surface area contributed by atoms with Gasteiger partial charge in [-0.05, 0) is 31.4 Å². The molecule has 0 aliphatic heterocycles. The predicted octanol–water partition coefficient (Wildman–Crippen LogP) is 3.89. The van der Waals surface area contributed by atoms with E-state index in [0.29, 0.717) is 19.3 Å². The van der Waals surface area contributed by atoms with Crippen LogP contribution in [0.3, 0.4) is 0 Å². The fraction of sp³-hybridized carbons (Fsp3) is 0.917. The van der Waals surface area contributed by atoms with E-state index < -0.39 is 12.1 Å². The Hall–Kier alpha value is -0.250. The van der Waals surface area contributed by atoms with Gasteiger partial charge in [0.2, 0.25) is 0 Å². The number of rotatable bonds is 10. The van der Waals surface area contributed by atoms with Gasteiger partial charge in [-0.2, -0.15) is 0 Å². The van der Waals surface area contributed by atoms with Crippen LogP contribution in [0, 0.1) is 0 Å². The minimum absolute atomic E-state index is 0.311. The van der Waals surface area contributed by atoms with E-state index >= 15 is 0 Å².